The number of unbranched alkanes of at least 4 members (excludes halogenated alkanes) is 2. The molecule has 0 amide bonds. The number of halogens is 4. The fourth-order valence-electron chi connectivity index (χ4n) is 3.88. The molecule has 0 fully saturated rings. The average molecular weight is 439 g/mol. The Morgan fingerprint density at radius 3 is 2.16 bits per heavy atom. The molecule has 158 valence electrons. The molecular weight excluding hydrogens is 417 g/mol. The van der Waals surface area contributed by atoms with E-state index in [1.165, 1.54) is 36.2 Å². The highest BCUT2D eigenvalue weighted by molar-refractivity contribution is 6.30. The summed E-state index contributed by atoms with van der Waals surface area (Å²) in [6, 6.07) is 17.9. The second-order valence-electron chi connectivity index (χ2n) is 7.76. The monoisotopic (exact) mass is 438 g/mol. The van der Waals surface area contributed by atoms with E-state index in [4.69, 9.17) is 11.6 Å². The van der Waals surface area contributed by atoms with Gasteiger partial charge >= 0.3 is 0 Å². The first kappa shape index (κ1) is 21.5. The zero-order valence-electron chi connectivity index (χ0n) is 17.2. The minimum absolute atomic E-state index is 0.0208. The van der Waals surface area contributed by atoms with Crippen LogP contribution < -0.4 is 0 Å². The van der Waals surface area contributed by atoms with E-state index >= 15 is 4.39 Å². The van der Waals surface area contributed by atoms with Gasteiger partial charge in [0.2, 0.25) is 0 Å². The van der Waals surface area contributed by atoms with Gasteiger partial charge in [0.1, 0.15) is 17.5 Å². The predicted octanol–water partition coefficient (Wildman–Crippen LogP) is 8.98. The number of aryl methyl sites for hydroxylation is 1. The summed E-state index contributed by atoms with van der Waals surface area (Å²) in [6.45, 7) is 2.17. The normalized spacial score (nSPS) is 11.3. The summed E-state index contributed by atoms with van der Waals surface area (Å²) in [6.07, 6.45) is 4.43. The summed E-state index contributed by atoms with van der Waals surface area (Å²) in [5.74, 6) is -1.54. The minimum atomic E-state index is -0.614. The standard InChI is InChI=1S/C27H22ClF3/c1-2-3-4-5-17-6-10-22-18(14-17)8-12-23(27(22)31)20-7-11-21(25(29)15-20)19-9-13-24(28)26(30)16-19/h6-16H,2-5H2,1H3. The van der Waals surface area contributed by atoms with Gasteiger partial charge in [0.15, 0.2) is 0 Å². The van der Waals surface area contributed by atoms with Crippen LogP contribution in [0.1, 0.15) is 31.7 Å². The van der Waals surface area contributed by atoms with Crippen LogP contribution in [0.2, 0.25) is 5.02 Å². The zero-order chi connectivity index (χ0) is 22.0. The first-order valence-electron chi connectivity index (χ1n) is 10.4. The number of hydrogen-bond acceptors (Lipinski definition) is 0. The van der Waals surface area contributed by atoms with Crippen molar-refractivity contribution in [1.82, 2.24) is 0 Å². The Balaban J connectivity index is 1.68. The van der Waals surface area contributed by atoms with Gasteiger partial charge in [-0.25, -0.2) is 13.2 Å². The fourth-order valence-corrected chi connectivity index (χ4v) is 4.00. The Morgan fingerprint density at radius 2 is 1.42 bits per heavy atom. The molecule has 0 aliphatic heterocycles. The molecule has 0 N–H and O–H groups in total. The van der Waals surface area contributed by atoms with Crippen molar-refractivity contribution in [1.29, 1.82) is 0 Å². The van der Waals surface area contributed by atoms with Gasteiger partial charge in [0.25, 0.3) is 0 Å². The zero-order valence-corrected chi connectivity index (χ0v) is 17.9. The number of fused-ring (bicyclic) bond motifs is 1. The third-order valence-electron chi connectivity index (χ3n) is 5.60. The van der Waals surface area contributed by atoms with E-state index in [1.807, 2.05) is 18.2 Å². The van der Waals surface area contributed by atoms with Gasteiger partial charge in [-0.2, -0.15) is 0 Å². The summed E-state index contributed by atoms with van der Waals surface area (Å²) in [7, 11) is 0. The first-order chi connectivity index (χ1) is 15.0. The molecule has 0 unspecified atom stereocenters. The molecule has 4 aromatic rings. The second kappa shape index (κ2) is 9.15. The van der Waals surface area contributed by atoms with Gasteiger partial charge in [-0.15, -0.1) is 0 Å². The van der Waals surface area contributed by atoms with Gasteiger partial charge in [-0.3, -0.25) is 0 Å². The quantitative estimate of drug-likeness (QED) is 0.263. The van der Waals surface area contributed by atoms with Gasteiger partial charge in [0, 0.05) is 16.5 Å². The van der Waals surface area contributed by atoms with Crippen LogP contribution in [0.4, 0.5) is 13.2 Å². The first-order valence-corrected chi connectivity index (χ1v) is 10.8. The van der Waals surface area contributed by atoms with Crippen molar-refractivity contribution >= 4 is 22.4 Å². The van der Waals surface area contributed by atoms with Crippen LogP contribution in [-0.2, 0) is 6.42 Å². The molecule has 0 heterocycles. The molecule has 4 aromatic carbocycles. The molecule has 0 saturated carbocycles. The molecule has 0 radical (unpaired) electrons. The Hall–Kier alpha value is -2.78. The van der Waals surface area contributed by atoms with Gasteiger partial charge in [-0.05, 0) is 53.1 Å². The van der Waals surface area contributed by atoms with Crippen LogP contribution in [-0.4, -0.2) is 0 Å². The van der Waals surface area contributed by atoms with E-state index < -0.39 is 11.6 Å². The summed E-state index contributed by atoms with van der Waals surface area (Å²) >= 11 is 5.71. The van der Waals surface area contributed by atoms with Gasteiger partial charge < -0.3 is 0 Å². The number of benzene rings is 4. The molecule has 0 bridgehead atoms. The molecule has 0 nitrogen and oxygen atoms in total. The molecule has 0 atom stereocenters. The predicted molar refractivity (Wildman–Crippen MR) is 123 cm³/mol. The topological polar surface area (TPSA) is 0 Å². The highest BCUT2D eigenvalue weighted by Crippen LogP contribution is 2.33. The molecule has 0 saturated heterocycles. The SMILES string of the molecule is CCCCCc1ccc2c(F)c(-c3ccc(-c4ccc(Cl)c(F)c4)c(F)c3)ccc2c1. The minimum Gasteiger partial charge on any atom is -0.206 e. The van der Waals surface area contributed by atoms with Crippen molar-refractivity contribution in [3.8, 4) is 22.3 Å². The van der Waals surface area contributed by atoms with Crippen LogP contribution in [0.5, 0.6) is 0 Å². The maximum Gasteiger partial charge on any atom is 0.142 e. The molecule has 31 heavy (non-hydrogen) atoms. The van der Waals surface area contributed by atoms with Crippen molar-refractivity contribution < 1.29 is 13.2 Å². The van der Waals surface area contributed by atoms with Gasteiger partial charge in [-0.1, -0.05) is 79.9 Å². The molecule has 0 aliphatic carbocycles. The summed E-state index contributed by atoms with van der Waals surface area (Å²) in [5.41, 5.74) is 2.57. The summed E-state index contributed by atoms with van der Waals surface area (Å²) < 4.78 is 43.8. The van der Waals surface area contributed by atoms with E-state index in [2.05, 4.69) is 6.92 Å². The second-order valence-corrected chi connectivity index (χ2v) is 8.17. The summed E-state index contributed by atoms with van der Waals surface area (Å²) in [4.78, 5) is 0. The third kappa shape index (κ3) is 4.47. The molecule has 0 spiro atoms. The van der Waals surface area contributed by atoms with Crippen LogP contribution in [0.15, 0.2) is 66.7 Å². The van der Waals surface area contributed by atoms with Crippen LogP contribution in [0, 0.1) is 17.5 Å². The van der Waals surface area contributed by atoms with Crippen LogP contribution in [0.25, 0.3) is 33.0 Å². The van der Waals surface area contributed by atoms with E-state index in [0.717, 1.165) is 24.6 Å². The Bertz CT molecular complexity index is 1250. The van der Waals surface area contributed by atoms with E-state index in [1.54, 1.807) is 24.3 Å². The highest BCUT2D eigenvalue weighted by Gasteiger charge is 2.14. The lowest BCUT2D eigenvalue weighted by Crippen LogP contribution is -1.92. The Labute approximate surface area is 185 Å². The molecule has 0 aliphatic rings. The van der Waals surface area contributed by atoms with Crippen molar-refractivity contribution in [3.05, 3.63) is 94.8 Å². The molecular formula is C27H22ClF3. The molecule has 0 aromatic heterocycles. The van der Waals surface area contributed by atoms with Crippen molar-refractivity contribution in [2.75, 3.05) is 0 Å². The van der Waals surface area contributed by atoms with Gasteiger partial charge in [0.05, 0.1) is 5.02 Å². The maximum atomic E-state index is 15.3. The lowest BCUT2D eigenvalue weighted by Gasteiger charge is -2.11. The summed E-state index contributed by atoms with van der Waals surface area (Å²) in [5, 5.41) is 1.33. The van der Waals surface area contributed by atoms with E-state index in [0.29, 0.717) is 22.1 Å². The van der Waals surface area contributed by atoms with E-state index in [-0.39, 0.29) is 16.4 Å². The maximum absolute atomic E-state index is 15.3. The average Bonchev–Trinajstić information content (AvgIpc) is 2.76. The van der Waals surface area contributed by atoms with Crippen molar-refractivity contribution in [2.24, 2.45) is 0 Å². The highest BCUT2D eigenvalue weighted by atomic mass is 35.5. The lowest BCUT2D eigenvalue weighted by molar-refractivity contribution is 0.625. The van der Waals surface area contributed by atoms with E-state index in [9.17, 15) is 8.78 Å². The van der Waals surface area contributed by atoms with Crippen molar-refractivity contribution in [3.63, 3.8) is 0 Å². The Kier molecular flexibility index (Phi) is 6.33. The Morgan fingerprint density at radius 1 is 0.710 bits per heavy atom. The van der Waals surface area contributed by atoms with Crippen LogP contribution >= 0.6 is 11.6 Å². The largest absolute Gasteiger partial charge is 0.206 e. The molecule has 4 rings (SSSR count). The number of hydrogen-bond donors (Lipinski definition) is 0. The number of rotatable bonds is 6. The van der Waals surface area contributed by atoms with Crippen LogP contribution in [0.3, 0.4) is 0 Å². The van der Waals surface area contributed by atoms with Crippen molar-refractivity contribution in [2.45, 2.75) is 32.6 Å². The smallest absolute Gasteiger partial charge is 0.142 e. The fraction of sp³-hybridized carbons (Fsp3) is 0.185. The third-order valence-corrected chi connectivity index (χ3v) is 5.90. The molecule has 4 heteroatoms. The lowest BCUT2D eigenvalue weighted by atomic mass is 9.96.